The minimum atomic E-state index is -4.03. The Labute approximate surface area is 202 Å². The third-order valence-corrected chi connectivity index (χ3v) is 7.14. The van der Waals surface area contributed by atoms with Crippen LogP contribution < -0.4 is 20.8 Å². The number of rotatable bonds is 13. The number of carbonyl (C=O) groups excluding carboxylic acids is 3. The van der Waals surface area contributed by atoms with Gasteiger partial charge in [-0.15, -0.1) is 0 Å². The zero-order chi connectivity index (χ0) is 25.0. The summed E-state index contributed by atoms with van der Waals surface area (Å²) in [5.74, 6) is -0.644. The molecule has 0 radical (unpaired) electrons. The van der Waals surface area contributed by atoms with Crippen molar-refractivity contribution >= 4 is 45.2 Å². The summed E-state index contributed by atoms with van der Waals surface area (Å²) in [4.78, 5) is 35.0. The highest BCUT2D eigenvalue weighted by atomic mass is 32.2. The number of carbonyl (C=O) groups is 3. The number of hydroxylamine groups is 1. The molecule has 0 aliphatic carbocycles. The highest BCUT2D eigenvalue weighted by Crippen LogP contribution is 2.16. The minimum absolute atomic E-state index is 0.0490. The maximum atomic E-state index is 12.9. The Balaban J connectivity index is 2.05. The standard InChI is InChI=1S/C22H28N4O6S2/c1-16(27)24-18-9-11-19(12-10-18)34(31,32)26-20(15-33-13-5-8-21(28)25-30)22(29)23-14-17-6-3-2-4-7-17/h2-4,6-7,9-12,20,26,30H,5,8,13-15H2,1H3,(H,23,29)(H,24,27)(H,25,28)/t20-/m0/s1. The van der Waals surface area contributed by atoms with E-state index in [0.29, 0.717) is 17.9 Å². The van der Waals surface area contributed by atoms with E-state index >= 15 is 0 Å². The van der Waals surface area contributed by atoms with Crippen LogP contribution in [-0.4, -0.2) is 48.9 Å². The van der Waals surface area contributed by atoms with Crippen molar-refractivity contribution < 1.29 is 28.0 Å². The predicted molar refractivity (Wildman–Crippen MR) is 130 cm³/mol. The molecule has 10 nitrogen and oxygen atoms in total. The molecule has 3 amide bonds. The van der Waals surface area contributed by atoms with Crippen molar-refractivity contribution in [3.63, 3.8) is 0 Å². The lowest BCUT2D eigenvalue weighted by molar-refractivity contribution is -0.129. The van der Waals surface area contributed by atoms with Gasteiger partial charge in [0.05, 0.1) is 4.90 Å². The van der Waals surface area contributed by atoms with E-state index in [1.54, 1.807) is 5.48 Å². The van der Waals surface area contributed by atoms with Crippen molar-refractivity contribution in [2.24, 2.45) is 0 Å². The number of thioether (sulfide) groups is 1. The van der Waals surface area contributed by atoms with E-state index in [9.17, 15) is 22.8 Å². The first-order chi connectivity index (χ1) is 16.2. The summed E-state index contributed by atoms with van der Waals surface area (Å²) in [5.41, 5.74) is 2.87. The van der Waals surface area contributed by atoms with Crippen LogP contribution in [0.1, 0.15) is 25.3 Å². The number of amides is 3. The highest BCUT2D eigenvalue weighted by Gasteiger charge is 2.25. The molecule has 184 valence electrons. The van der Waals surface area contributed by atoms with Gasteiger partial charge in [0.1, 0.15) is 6.04 Å². The van der Waals surface area contributed by atoms with Gasteiger partial charge in [-0.3, -0.25) is 19.6 Å². The fraction of sp³-hybridized carbons (Fsp3) is 0.318. The second-order valence-electron chi connectivity index (χ2n) is 7.30. The number of hydrogen-bond donors (Lipinski definition) is 5. The summed E-state index contributed by atoms with van der Waals surface area (Å²) in [6.07, 6.45) is 0.563. The van der Waals surface area contributed by atoms with Crippen molar-refractivity contribution in [1.29, 1.82) is 0 Å². The molecule has 0 bridgehead atoms. The fourth-order valence-electron chi connectivity index (χ4n) is 2.84. The van der Waals surface area contributed by atoms with Crippen LogP contribution >= 0.6 is 11.8 Å². The van der Waals surface area contributed by atoms with Gasteiger partial charge in [-0.25, -0.2) is 13.9 Å². The Morgan fingerprint density at radius 3 is 2.32 bits per heavy atom. The molecule has 0 spiro atoms. The van der Waals surface area contributed by atoms with E-state index in [0.717, 1.165) is 5.56 Å². The molecule has 0 saturated carbocycles. The summed E-state index contributed by atoms with van der Waals surface area (Å²) >= 11 is 1.31. The van der Waals surface area contributed by atoms with E-state index in [1.165, 1.54) is 43.0 Å². The zero-order valence-corrected chi connectivity index (χ0v) is 20.2. The van der Waals surface area contributed by atoms with Crippen LogP contribution in [0.4, 0.5) is 5.69 Å². The maximum Gasteiger partial charge on any atom is 0.243 e. The van der Waals surface area contributed by atoms with E-state index < -0.39 is 27.9 Å². The van der Waals surface area contributed by atoms with Gasteiger partial charge in [-0.05, 0) is 42.0 Å². The van der Waals surface area contributed by atoms with E-state index in [1.807, 2.05) is 30.3 Å². The molecule has 34 heavy (non-hydrogen) atoms. The van der Waals surface area contributed by atoms with Gasteiger partial charge in [0.15, 0.2) is 0 Å². The van der Waals surface area contributed by atoms with Crippen LogP contribution in [0.5, 0.6) is 0 Å². The van der Waals surface area contributed by atoms with E-state index in [4.69, 9.17) is 5.21 Å². The molecule has 2 aromatic carbocycles. The van der Waals surface area contributed by atoms with Crippen LogP contribution in [0.25, 0.3) is 0 Å². The van der Waals surface area contributed by atoms with Gasteiger partial charge >= 0.3 is 0 Å². The van der Waals surface area contributed by atoms with Crippen LogP contribution in [0.15, 0.2) is 59.5 Å². The summed E-state index contributed by atoms with van der Waals surface area (Å²) in [6, 6.07) is 13.8. The maximum absolute atomic E-state index is 12.9. The molecule has 5 N–H and O–H groups in total. The van der Waals surface area contributed by atoms with Crippen LogP contribution in [0, 0.1) is 0 Å². The van der Waals surface area contributed by atoms with Crippen molar-refractivity contribution in [3.8, 4) is 0 Å². The van der Waals surface area contributed by atoms with Gasteiger partial charge in [0.2, 0.25) is 27.7 Å². The number of benzene rings is 2. The van der Waals surface area contributed by atoms with Crippen LogP contribution in [-0.2, 0) is 31.0 Å². The molecule has 2 rings (SSSR count). The first-order valence-electron chi connectivity index (χ1n) is 10.4. The molecule has 12 heteroatoms. The molecule has 0 saturated heterocycles. The van der Waals surface area contributed by atoms with Gasteiger partial charge in [0, 0.05) is 31.3 Å². The lowest BCUT2D eigenvalue weighted by Gasteiger charge is -2.19. The molecule has 2 aromatic rings. The summed E-state index contributed by atoms with van der Waals surface area (Å²) in [6.45, 7) is 1.59. The molecular weight excluding hydrogens is 480 g/mol. The van der Waals surface area contributed by atoms with E-state index in [-0.39, 0.29) is 29.5 Å². The fourth-order valence-corrected chi connectivity index (χ4v) is 5.13. The van der Waals surface area contributed by atoms with Gasteiger partial charge in [-0.2, -0.15) is 16.5 Å². The topological polar surface area (TPSA) is 154 Å². The molecule has 0 aromatic heterocycles. The normalized spacial score (nSPS) is 11.9. The van der Waals surface area contributed by atoms with Crippen molar-refractivity contribution in [1.82, 2.24) is 15.5 Å². The number of nitrogens with one attached hydrogen (secondary N) is 4. The Kier molecular flexibility index (Phi) is 11.0. The molecular formula is C22H28N4O6S2. The molecule has 0 aliphatic rings. The predicted octanol–water partition coefficient (Wildman–Crippen LogP) is 1.63. The van der Waals surface area contributed by atoms with Crippen molar-refractivity contribution in [3.05, 3.63) is 60.2 Å². The largest absolute Gasteiger partial charge is 0.351 e. The van der Waals surface area contributed by atoms with Gasteiger partial charge < -0.3 is 10.6 Å². The van der Waals surface area contributed by atoms with Crippen molar-refractivity contribution in [2.45, 2.75) is 37.2 Å². The Hall–Kier alpha value is -2.93. The average Bonchev–Trinajstić information content (AvgIpc) is 2.82. The molecule has 0 aliphatic heterocycles. The highest BCUT2D eigenvalue weighted by molar-refractivity contribution is 7.99. The van der Waals surface area contributed by atoms with Crippen molar-refractivity contribution in [2.75, 3.05) is 16.8 Å². The Bertz CT molecular complexity index is 1060. The van der Waals surface area contributed by atoms with Crippen LogP contribution in [0.3, 0.4) is 0 Å². The third-order valence-electron chi connectivity index (χ3n) is 4.51. The monoisotopic (exact) mass is 508 g/mol. The van der Waals surface area contributed by atoms with Crippen LogP contribution in [0.2, 0.25) is 0 Å². The first-order valence-corrected chi connectivity index (χ1v) is 13.1. The summed E-state index contributed by atoms with van der Waals surface area (Å²) in [5, 5.41) is 13.9. The number of sulfonamides is 1. The lowest BCUT2D eigenvalue weighted by Crippen LogP contribution is -2.48. The second kappa shape index (κ2) is 13.7. The second-order valence-corrected chi connectivity index (χ2v) is 10.2. The molecule has 1 atom stereocenters. The zero-order valence-electron chi connectivity index (χ0n) is 18.6. The molecule has 0 fully saturated rings. The van der Waals surface area contributed by atoms with Gasteiger partial charge in [-0.1, -0.05) is 30.3 Å². The Morgan fingerprint density at radius 1 is 1.03 bits per heavy atom. The summed E-state index contributed by atoms with van der Waals surface area (Å²) in [7, 11) is -4.03. The quantitative estimate of drug-likeness (QED) is 0.157. The minimum Gasteiger partial charge on any atom is -0.351 e. The third kappa shape index (κ3) is 9.51. The Morgan fingerprint density at radius 2 is 1.71 bits per heavy atom. The van der Waals surface area contributed by atoms with E-state index in [2.05, 4.69) is 15.4 Å². The number of hydrogen-bond acceptors (Lipinski definition) is 7. The molecule has 0 unspecified atom stereocenters. The van der Waals surface area contributed by atoms with Gasteiger partial charge in [0.25, 0.3) is 0 Å². The average molecular weight is 509 g/mol. The lowest BCUT2D eigenvalue weighted by atomic mass is 10.2. The smallest absolute Gasteiger partial charge is 0.243 e. The SMILES string of the molecule is CC(=O)Nc1ccc(S(=O)(=O)N[C@@H](CSCCCC(=O)NO)C(=O)NCc2ccccc2)cc1. The summed E-state index contributed by atoms with van der Waals surface area (Å²) < 4.78 is 28.3. The number of anilines is 1. The molecule has 0 heterocycles. The first kappa shape index (κ1) is 27.3.